The Morgan fingerprint density at radius 1 is 1.57 bits per heavy atom. The Morgan fingerprint density at radius 2 is 2.36 bits per heavy atom. The minimum Gasteiger partial charge on any atom is -0.395 e. The maximum Gasteiger partial charge on any atom is 0.103 e. The standard InChI is InChI=1S/C10H17NO2S/c1-2-8(11-5-6-12)10(13)9-4-3-7-14-9/h3-4,7-8,10-13H,2,5-6H2,1H3. The van der Waals surface area contributed by atoms with Crippen LogP contribution < -0.4 is 5.32 Å². The van der Waals surface area contributed by atoms with Crippen LogP contribution in [0, 0.1) is 0 Å². The molecule has 14 heavy (non-hydrogen) atoms. The molecule has 0 saturated heterocycles. The topological polar surface area (TPSA) is 52.5 Å². The van der Waals surface area contributed by atoms with E-state index in [0.717, 1.165) is 11.3 Å². The summed E-state index contributed by atoms with van der Waals surface area (Å²) in [6.45, 7) is 2.65. The van der Waals surface area contributed by atoms with Gasteiger partial charge in [-0.3, -0.25) is 0 Å². The monoisotopic (exact) mass is 215 g/mol. The van der Waals surface area contributed by atoms with Gasteiger partial charge < -0.3 is 15.5 Å². The minimum absolute atomic E-state index is 0.0285. The molecule has 3 nitrogen and oxygen atoms in total. The maximum atomic E-state index is 9.96. The predicted molar refractivity (Wildman–Crippen MR) is 58.4 cm³/mol. The van der Waals surface area contributed by atoms with Crippen LogP contribution in [0.3, 0.4) is 0 Å². The van der Waals surface area contributed by atoms with Crippen molar-refractivity contribution >= 4 is 11.3 Å². The Kier molecular flexibility index (Phi) is 5.11. The van der Waals surface area contributed by atoms with Crippen molar-refractivity contribution in [2.75, 3.05) is 13.2 Å². The predicted octanol–water partition coefficient (Wildman–Crippen LogP) is 1.14. The van der Waals surface area contributed by atoms with E-state index in [-0.39, 0.29) is 12.6 Å². The van der Waals surface area contributed by atoms with Gasteiger partial charge in [-0.25, -0.2) is 0 Å². The normalized spacial score (nSPS) is 15.4. The van der Waals surface area contributed by atoms with Gasteiger partial charge in [-0.15, -0.1) is 11.3 Å². The Morgan fingerprint density at radius 3 is 2.86 bits per heavy atom. The fraction of sp³-hybridized carbons (Fsp3) is 0.600. The summed E-state index contributed by atoms with van der Waals surface area (Å²) in [5.74, 6) is 0. The molecule has 2 atom stereocenters. The van der Waals surface area contributed by atoms with Crippen molar-refractivity contribution in [2.24, 2.45) is 0 Å². The van der Waals surface area contributed by atoms with Crippen LogP contribution in [0.15, 0.2) is 17.5 Å². The summed E-state index contributed by atoms with van der Waals surface area (Å²) < 4.78 is 0. The lowest BCUT2D eigenvalue weighted by atomic mass is 10.1. The molecule has 3 N–H and O–H groups in total. The lowest BCUT2D eigenvalue weighted by molar-refractivity contribution is 0.125. The van der Waals surface area contributed by atoms with Crippen LogP contribution in [0.4, 0.5) is 0 Å². The van der Waals surface area contributed by atoms with Crippen LogP contribution in [-0.2, 0) is 0 Å². The number of hydrogen-bond donors (Lipinski definition) is 3. The van der Waals surface area contributed by atoms with Crippen molar-refractivity contribution in [3.05, 3.63) is 22.4 Å². The van der Waals surface area contributed by atoms with Gasteiger partial charge in [0.05, 0.1) is 6.61 Å². The quantitative estimate of drug-likeness (QED) is 0.667. The van der Waals surface area contributed by atoms with Crippen molar-refractivity contribution in [3.8, 4) is 0 Å². The first-order valence-corrected chi connectivity index (χ1v) is 5.73. The third-order valence-corrected chi connectivity index (χ3v) is 3.12. The molecule has 0 saturated carbocycles. The molecule has 2 unspecified atom stereocenters. The Balaban J connectivity index is 2.51. The van der Waals surface area contributed by atoms with Gasteiger partial charge in [0, 0.05) is 17.5 Å². The van der Waals surface area contributed by atoms with Gasteiger partial charge in [0.25, 0.3) is 0 Å². The molecule has 0 fully saturated rings. The first-order chi connectivity index (χ1) is 6.79. The molecule has 1 aromatic rings. The third-order valence-electron chi connectivity index (χ3n) is 2.17. The zero-order valence-electron chi connectivity index (χ0n) is 8.31. The fourth-order valence-corrected chi connectivity index (χ4v) is 2.16. The number of rotatable bonds is 6. The molecule has 0 amide bonds. The van der Waals surface area contributed by atoms with Crippen LogP contribution in [0.25, 0.3) is 0 Å². The van der Waals surface area contributed by atoms with Crippen molar-refractivity contribution in [1.29, 1.82) is 0 Å². The molecule has 0 aliphatic rings. The molecule has 0 aromatic carbocycles. The summed E-state index contributed by atoms with van der Waals surface area (Å²) in [5.41, 5.74) is 0. The molecule has 1 heterocycles. The lowest BCUT2D eigenvalue weighted by Gasteiger charge is -2.21. The molecule has 0 aliphatic heterocycles. The minimum atomic E-state index is -0.466. The van der Waals surface area contributed by atoms with E-state index >= 15 is 0 Å². The van der Waals surface area contributed by atoms with E-state index < -0.39 is 6.10 Å². The summed E-state index contributed by atoms with van der Waals surface area (Å²) in [6.07, 6.45) is 0.380. The highest BCUT2D eigenvalue weighted by atomic mass is 32.1. The molecule has 1 aromatic heterocycles. The maximum absolute atomic E-state index is 9.96. The smallest absolute Gasteiger partial charge is 0.103 e. The van der Waals surface area contributed by atoms with Gasteiger partial charge in [-0.2, -0.15) is 0 Å². The number of aliphatic hydroxyl groups is 2. The van der Waals surface area contributed by atoms with Crippen LogP contribution >= 0.6 is 11.3 Å². The number of hydrogen-bond acceptors (Lipinski definition) is 4. The summed E-state index contributed by atoms with van der Waals surface area (Å²) in [4.78, 5) is 0.974. The van der Waals surface area contributed by atoms with Crippen molar-refractivity contribution < 1.29 is 10.2 Å². The van der Waals surface area contributed by atoms with Gasteiger partial charge in [-0.1, -0.05) is 13.0 Å². The molecule has 1 rings (SSSR count). The van der Waals surface area contributed by atoms with Gasteiger partial charge in [0.1, 0.15) is 6.10 Å². The van der Waals surface area contributed by atoms with E-state index in [9.17, 15) is 5.11 Å². The average Bonchev–Trinajstić information content (AvgIpc) is 2.71. The highest BCUT2D eigenvalue weighted by Gasteiger charge is 2.18. The van der Waals surface area contributed by atoms with Crippen LogP contribution in [-0.4, -0.2) is 29.4 Å². The second-order valence-corrected chi connectivity index (χ2v) is 4.13. The Hall–Kier alpha value is -0.420. The van der Waals surface area contributed by atoms with Crippen molar-refractivity contribution in [2.45, 2.75) is 25.5 Å². The van der Waals surface area contributed by atoms with Gasteiger partial charge in [0.2, 0.25) is 0 Å². The Labute approximate surface area is 88.4 Å². The molecule has 4 heteroatoms. The number of nitrogens with one attached hydrogen (secondary N) is 1. The van der Waals surface area contributed by atoms with Gasteiger partial charge in [0.15, 0.2) is 0 Å². The molecule has 0 bridgehead atoms. The van der Waals surface area contributed by atoms with E-state index in [1.54, 1.807) is 11.3 Å². The van der Waals surface area contributed by atoms with Crippen molar-refractivity contribution in [3.63, 3.8) is 0 Å². The molecule has 0 spiro atoms. The van der Waals surface area contributed by atoms with E-state index in [1.165, 1.54) is 0 Å². The highest BCUT2D eigenvalue weighted by molar-refractivity contribution is 7.10. The molecular weight excluding hydrogens is 198 g/mol. The highest BCUT2D eigenvalue weighted by Crippen LogP contribution is 2.23. The van der Waals surface area contributed by atoms with Gasteiger partial charge in [-0.05, 0) is 17.9 Å². The van der Waals surface area contributed by atoms with E-state index in [4.69, 9.17) is 5.11 Å². The first-order valence-electron chi connectivity index (χ1n) is 4.85. The summed E-state index contributed by atoms with van der Waals surface area (Å²) in [7, 11) is 0. The van der Waals surface area contributed by atoms with Crippen molar-refractivity contribution in [1.82, 2.24) is 5.32 Å². The van der Waals surface area contributed by atoms with Crippen LogP contribution in [0.1, 0.15) is 24.3 Å². The average molecular weight is 215 g/mol. The molecule has 0 aliphatic carbocycles. The lowest BCUT2D eigenvalue weighted by Crippen LogP contribution is -2.35. The third kappa shape index (κ3) is 3.06. The number of thiophene rings is 1. The van der Waals surface area contributed by atoms with Crippen LogP contribution in [0.2, 0.25) is 0 Å². The second-order valence-electron chi connectivity index (χ2n) is 3.15. The van der Waals surface area contributed by atoms with E-state index in [1.807, 2.05) is 24.4 Å². The molecular formula is C10H17NO2S. The van der Waals surface area contributed by atoms with Gasteiger partial charge >= 0.3 is 0 Å². The largest absolute Gasteiger partial charge is 0.395 e. The second kappa shape index (κ2) is 6.14. The number of aliphatic hydroxyl groups excluding tert-OH is 2. The zero-order chi connectivity index (χ0) is 10.4. The fourth-order valence-electron chi connectivity index (χ4n) is 1.39. The summed E-state index contributed by atoms with van der Waals surface area (Å²) in [5, 5.41) is 23.7. The summed E-state index contributed by atoms with van der Waals surface area (Å²) in [6, 6.07) is 3.89. The van der Waals surface area contributed by atoms with Crippen LogP contribution in [0.5, 0.6) is 0 Å². The SMILES string of the molecule is CCC(NCCO)C(O)c1cccs1. The molecule has 0 radical (unpaired) electrons. The zero-order valence-corrected chi connectivity index (χ0v) is 9.13. The van der Waals surface area contributed by atoms with E-state index in [0.29, 0.717) is 6.54 Å². The van der Waals surface area contributed by atoms with E-state index in [2.05, 4.69) is 5.32 Å². The molecule has 80 valence electrons. The Bertz CT molecular complexity index is 238. The first kappa shape index (κ1) is 11.7. The summed E-state index contributed by atoms with van der Waals surface area (Å²) >= 11 is 1.56.